The summed E-state index contributed by atoms with van der Waals surface area (Å²) in [6.45, 7) is 3.62. The average molecular weight is 273 g/mol. The summed E-state index contributed by atoms with van der Waals surface area (Å²) in [5, 5.41) is 1.71. The first-order chi connectivity index (χ1) is 7.62. The number of hydrazine groups is 1. The molecule has 0 spiro atoms. The number of halogens is 2. The Morgan fingerprint density at radius 2 is 1.25 bits per heavy atom. The molecule has 16 heavy (non-hydrogen) atoms. The molecule has 0 N–H and O–H groups in total. The highest BCUT2D eigenvalue weighted by atomic mass is 35.5. The standard InChI is InChI=1S/C8H14Cl2N2O4/c1-3-15-7(13)11(5-9)12(6-10)8(14)16-4-2/h3-6H2,1-2H3. The van der Waals surface area contributed by atoms with E-state index in [1.807, 2.05) is 0 Å². The summed E-state index contributed by atoms with van der Waals surface area (Å²) in [6, 6.07) is -0.519. The van der Waals surface area contributed by atoms with E-state index in [4.69, 9.17) is 32.7 Å². The molecule has 0 aliphatic carbocycles. The Morgan fingerprint density at radius 3 is 1.44 bits per heavy atom. The summed E-state index contributed by atoms with van der Waals surface area (Å²) in [4.78, 5) is 22.8. The number of carbonyl (C=O) groups is 2. The van der Waals surface area contributed by atoms with E-state index in [0.29, 0.717) is 0 Å². The van der Waals surface area contributed by atoms with Crippen LogP contribution >= 0.6 is 23.2 Å². The van der Waals surface area contributed by atoms with E-state index < -0.39 is 12.2 Å². The largest absolute Gasteiger partial charge is 0.448 e. The van der Waals surface area contributed by atoms with E-state index in [2.05, 4.69) is 0 Å². The van der Waals surface area contributed by atoms with Crippen LogP contribution in [-0.2, 0) is 9.47 Å². The van der Waals surface area contributed by atoms with Gasteiger partial charge in [-0.2, -0.15) is 10.0 Å². The fourth-order valence-electron chi connectivity index (χ4n) is 0.820. The smallest absolute Gasteiger partial charge is 0.430 e. The Morgan fingerprint density at radius 1 is 0.938 bits per heavy atom. The third kappa shape index (κ3) is 4.32. The summed E-state index contributed by atoms with van der Waals surface area (Å²) in [6.07, 6.45) is -1.52. The van der Waals surface area contributed by atoms with Gasteiger partial charge >= 0.3 is 12.2 Å². The second-order valence-corrected chi connectivity index (χ2v) is 2.91. The quantitative estimate of drug-likeness (QED) is 0.447. The third-order valence-electron chi connectivity index (χ3n) is 1.47. The van der Waals surface area contributed by atoms with Crippen LogP contribution < -0.4 is 0 Å². The van der Waals surface area contributed by atoms with Crippen molar-refractivity contribution in [3.8, 4) is 0 Å². The van der Waals surface area contributed by atoms with Crippen molar-refractivity contribution in [2.75, 3.05) is 25.2 Å². The van der Waals surface area contributed by atoms with E-state index in [-0.39, 0.29) is 25.2 Å². The lowest BCUT2D eigenvalue weighted by Crippen LogP contribution is -2.49. The molecule has 0 heterocycles. The number of rotatable bonds is 4. The first kappa shape index (κ1) is 15.1. The van der Waals surface area contributed by atoms with Crippen LogP contribution in [0.1, 0.15) is 13.8 Å². The second kappa shape index (κ2) is 8.29. The molecule has 0 aliphatic rings. The number of ether oxygens (including phenoxy) is 2. The van der Waals surface area contributed by atoms with Crippen molar-refractivity contribution in [1.82, 2.24) is 10.0 Å². The molecule has 8 heteroatoms. The molecule has 0 saturated carbocycles. The summed E-state index contributed by atoms with van der Waals surface area (Å²) in [5.74, 6) is 0. The van der Waals surface area contributed by atoms with Gasteiger partial charge in [0.2, 0.25) is 0 Å². The maximum Gasteiger partial charge on any atom is 0.430 e. The van der Waals surface area contributed by atoms with Crippen LogP contribution in [0.15, 0.2) is 0 Å². The van der Waals surface area contributed by atoms with Gasteiger partial charge in [0.1, 0.15) is 12.0 Å². The van der Waals surface area contributed by atoms with Crippen LogP contribution in [0.4, 0.5) is 9.59 Å². The molecule has 0 aromatic heterocycles. The normalized spacial score (nSPS) is 9.50. The Hall–Kier alpha value is -0.880. The molecule has 0 rings (SSSR count). The van der Waals surface area contributed by atoms with Gasteiger partial charge in [-0.1, -0.05) is 0 Å². The van der Waals surface area contributed by atoms with Crippen LogP contribution in [0, 0.1) is 0 Å². The number of amides is 2. The number of alkyl halides is 2. The molecule has 0 atom stereocenters. The highest BCUT2D eigenvalue weighted by Crippen LogP contribution is 2.07. The zero-order chi connectivity index (χ0) is 12.6. The maximum absolute atomic E-state index is 11.4. The molecular formula is C8H14Cl2N2O4. The minimum absolute atomic E-state index is 0.172. The fraction of sp³-hybridized carbons (Fsp3) is 0.750. The lowest BCUT2D eigenvalue weighted by molar-refractivity contribution is 0.000201. The number of hydrogen-bond acceptors (Lipinski definition) is 4. The van der Waals surface area contributed by atoms with Gasteiger partial charge in [0.05, 0.1) is 13.2 Å². The average Bonchev–Trinajstić information content (AvgIpc) is 2.25. The van der Waals surface area contributed by atoms with Crippen LogP contribution in [0.25, 0.3) is 0 Å². The molecule has 0 saturated heterocycles. The Bertz CT molecular complexity index is 216. The maximum atomic E-state index is 11.4. The predicted molar refractivity (Wildman–Crippen MR) is 59.2 cm³/mol. The molecule has 0 aromatic rings. The molecule has 0 fully saturated rings. The van der Waals surface area contributed by atoms with Crippen LogP contribution in [-0.4, -0.2) is 47.4 Å². The highest BCUT2D eigenvalue weighted by Gasteiger charge is 2.26. The molecule has 94 valence electrons. The van der Waals surface area contributed by atoms with Crippen molar-refractivity contribution in [2.24, 2.45) is 0 Å². The van der Waals surface area contributed by atoms with Crippen molar-refractivity contribution < 1.29 is 19.1 Å². The van der Waals surface area contributed by atoms with Crippen molar-refractivity contribution in [1.29, 1.82) is 0 Å². The monoisotopic (exact) mass is 272 g/mol. The predicted octanol–water partition coefficient (Wildman–Crippen LogP) is 2.21. The molecule has 0 aromatic carbocycles. The van der Waals surface area contributed by atoms with Gasteiger partial charge in [-0.3, -0.25) is 0 Å². The molecule has 2 amide bonds. The lowest BCUT2D eigenvalue weighted by Gasteiger charge is -2.29. The zero-order valence-corrected chi connectivity index (χ0v) is 10.6. The van der Waals surface area contributed by atoms with Gasteiger partial charge in [0.15, 0.2) is 0 Å². The van der Waals surface area contributed by atoms with Crippen molar-refractivity contribution >= 4 is 35.4 Å². The highest BCUT2D eigenvalue weighted by molar-refractivity contribution is 6.19. The Kier molecular flexibility index (Phi) is 7.84. The topological polar surface area (TPSA) is 59.1 Å². The van der Waals surface area contributed by atoms with Gasteiger partial charge in [-0.05, 0) is 13.8 Å². The SMILES string of the molecule is CCOC(=O)N(CCl)N(CCl)C(=O)OCC. The summed E-state index contributed by atoms with van der Waals surface area (Å²) >= 11 is 11.1. The third-order valence-corrected chi connectivity index (χ3v) is 1.93. The van der Waals surface area contributed by atoms with Gasteiger partial charge < -0.3 is 9.47 Å². The molecular weight excluding hydrogens is 259 g/mol. The van der Waals surface area contributed by atoms with Gasteiger partial charge in [-0.15, -0.1) is 23.2 Å². The first-order valence-corrected chi connectivity index (χ1v) is 5.69. The zero-order valence-electron chi connectivity index (χ0n) is 9.11. The van der Waals surface area contributed by atoms with E-state index in [9.17, 15) is 9.59 Å². The van der Waals surface area contributed by atoms with Crippen molar-refractivity contribution in [2.45, 2.75) is 13.8 Å². The van der Waals surface area contributed by atoms with Gasteiger partial charge in [0.25, 0.3) is 0 Å². The van der Waals surface area contributed by atoms with Crippen LogP contribution in [0.2, 0.25) is 0 Å². The summed E-state index contributed by atoms with van der Waals surface area (Å²) < 4.78 is 9.40. The van der Waals surface area contributed by atoms with E-state index in [1.54, 1.807) is 13.8 Å². The molecule has 0 aliphatic heterocycles. The van der Waals surface area contributed by atoms with Crippen LogP contribution in [0.5, 0.6) is 0 Å². The lowest BCUT2D eigenvalue weighted by atomic mass is 10.8. The Labute approximate surface area is 104 Å². The molecule has 0 bridgehead atoms. The van der Waals surface area contributed by atoms with E-state index in [1.165, 1.54) is 0 Å². The second-order valence-electron chi connectivity index (χ2n) is 2.44. The molecule has 0 unspecified atom stereocenters. The number of hydrogen-bond donors (Lipinski definition) is 0. The minimum Gasteiger partial charge on any atom is -0.448 e. The van der Waals surface area contributed by atoms with Crippen molar-refractivity contribution in [3.05, 3.63) is 0 Å². The van der Waals surface area contributed by atoms with E-state index in [0.717, 1.165) is 10.0 Å². The summed E-state index contributed by atoms with van der Waals surface area (Å²) in [7, 11) is 0. The van der Waals surface area contributed by atoms with Gasteiger partial charge in [-0.25, -0.2) is 9.59 Å². The summed E-state index contributed by atoms with van der Waals surface area (Å²) in [5.41, 5.74) is 0. The molecule has 0 radical (unpaired) electrons. The fourth-order valence-corrected chi connectivity index (χ4v) is 1.27. The Balaban J connectivity index is 4.61. The molecule has 6 nitrogen and oxygen atoms in total. The van der Waals surface area contributed by atoms with Crippen molar-refractivity contribution in [3.63, 3.8) is 0 Å². The van der Waals surface area contributed by atoms with Gasteiger partial charge in [0, 0.05) is 0 Å². The first-order valence-electron chi connectivity index (χ1n) is 4.62. The van der Waals surface area contributed by atoms with Crippen LogP contribution in [0.3, 0.4) is 0 Å². The number of carbonyl (C=O) groups excluding carboxylic acids is 2. The minimum atomic E-state index is -0.758. The number of nitrogens with zero attached hydrogens (tertiary/aromatic N) is 2. The van der Waals surface area contributed by atoms with E-state index >= 15 is 0 Å².